The molecule has 10 heteroatoms. The van der Waals surface area contributed by atoms with Crippen molar-refractivity contribution in [3.63, 3.8) is 0 Å². The Hall–Kier alpha value is -4.31. The monoisotopic (exact) mass is 529 g/mol. The first kappa shape index (κ1) is 25.8. The third-order valence-electron chi connectivity index (χ3n) is 5.49. The van der Waals surface area contributed by atoms with Gasteiger partial charge in [0.05, 0.1) is 35.1 Å². The Bertz CT molecular complexity index is 1470. The molecule has 1 atom stereocenters. The van der Waals surface area contributed by atoms with E-state index in [9.17, 15) is 15.3 Å². The van der Waals surface area contributed by atoms with Gasteiger partial charge in [0.15, 0.2) is 0 Å². The summed E-state index contributed by atoms with van der Waals surface area (Å²) >= 11 is 7.27. The number of allylic oxidation sites excluding steroid dienone is 1. The highest BCUT2D eigenvalue weighted by Crippen LogP contribution is 2.41. The van der Waals surface area contributed by atoms with Gasteiger partial charge in [0, 0.05) is 23.0 Å². The number of nitriles is 2. The molecule has 0 fully saturated rings. The molecule has 0 unspecified atom stereocenters. The van der Waals surface area contributed by atoms with Crippen LogP contribution in [0.25, 0.3) is 11.3 Å². The summed E-state index contributed by atoms with van der Waals surface area (Å²) in [6.45, 7) is 1.82. The standard InChI is InChI=1S/C27H20ClN5O3S/c1-2-35-27(34)24-22(36-25(31)20(14-30)23(24)17-3-6-19(28)7-4-17)15-37-26-18(13-29)5-8-21(33-26)16-9-11-32-12-10-16/h3-12,23H,2,15,31H2,1H3/t23-/m1/s1. The van der Waals surface area contributed by atoms with Crippen LogP contribution in [0, 0.1) is 22.7 Å². The number of nitrogens with zero attached hydrogens (tertiary/aromatic N) is 4. The number of halogens is 1. The number of esters is 1. The van der Waals surface area contributed by atoms with Crippen molar-refractivity contribution in [3.8, 4) is 23.4 Å². The number of ether oxygens (including phenoxy) is 2. The molecule has 3 aromatic rings. The van der Waals surface area contributed by atoms with Crippen LogP contribution in [0.1, 0.15) is 24.0 Å². The van der Waals surface area contributed by atoms with E-state index in [1.54, 1.807) is 55.7 Å². The van der Waals surface area contributed by atoms with Gasteiger partial charge in [0.2, 0.25) is 5.88 Å². The number of thioether (sulfide) groups is 1. The molecule has 2 N–H and O–H groups in total. The van der Waals surface area contributed by atoms with Crippen molar-refractivity contribution in [3.05, 3.63) is 99.9 Å². The lowest BCUT2D eigenvalue weighted by atomic mass is 9.83. The normalized spacial score (nSPS) is 15.0. The maximum absolute atomic E-state index is 13.2. The molecule has 8 nitrogen and oxygen atoms in total. The van der Waals surface area contributed by atoms with Crippen LogP contribution >= 0.6 is 23.4 Å². The van der Waals surface area contributed by atoms with Gasteiger partial charge in [-0.15, -0.1) is 0 Å². The molecule has 0 radical (unpaired) electrons. The Kier molecular flexibility index (Phi) is 8.09. The second kappa shape index (κ2) is 11.6. The molecule has 0 saturated heterocycles. The van der Waals surface area contributed by atoms with Crippen LogP contribution in [0.15, 0.2) is 88.7 Å². The molecule has 0 bridgehead atoms. The predicted octanol–water partition coefficient (Wildman–Crippen LogP) is 5.09. The van der Waals surface area contributed by atoms with Crippen molar-refractivity contribution in [2.75, 3.05) is 12.4 Å². The van der Waals surface area contributed by atoms with E-state index in [4.69, 9.17) is 26.8 Å². The van der Waals surface area contributed by atoms with Gasteiger partial charge < -0.3 is 15.2 Å². The van der Waals surface area contributed by atoms with E-state index in [0.29, 0.717) is 26.9 Å². The third kappa shape index (κ3) is 5.59. The summed E-state index contributed by atoms with van der Waals surface area (Å²) in [5.74, 6) is -1.21. The molecule has 0 saturated carbocycles. The number of pyridine rings is 2. The van der Waals surface area contributed by atoms with Gasteiger partial charge in [-0.25, -0.2) is 9.78 Å². The van der Waals surface area contributed by atoms with Crippen molar-refractivity contribution in [1.29, 1.82) is 10.5 Å². The van der Waals surface area contributed by atoms with Gasteiger partial charge in [-0.2, -0.15) is 10.5 Å². The Morgan fingerprint density at radius 1 is 1.14 bits per heavy atom. The highest BCUT2D eigenvalue weighted by atomic mass is 35.5. The fourth-order valence-corrected chi connectivity index (χ4v) is 4.84. The summed E-state index contributed by atoms with van der Waals surface area (Å²) in [6.07, 6.45) is 3.32. The summed E-state index contributed by atoms with van der Waals surface area (Å²) in [7, 11) is 0. The van der Waals surface area contributed by atoms with Crippen LogP contribution in [-0.4, -0.2) is 28.3 Å². The molecule has 3 heterocycles. The molecule has 1 aliphatic heterocycles. The Morgan fingerprint density at radius 3 is 2.51 bits per heavy atom. The number of aromatic nitrogens is 2. The second-order valence-corrected chi connectivity index (χ2v) is 9.12. The van der Waals surface area contributed by atoms with E-state index in [-0.39, 0.29) is 35.1 Å². The largest absolute Gasteiger partial charge is 0.463 e. The first-order chi connectivity index (χ1) is 18.0. The average Bonchev–Trinajstić information content (AvgIpc) is 2.92. The van der Waals surface area contributed by atoms with E-state index in [2.05, 4.69) is 22.1 Å². The summed E-state index contributed by atoms with van der Waals surface area (Å²) in [5, 5.41) is 20.5. The molecule has 0 spiro atoms. The van der Waals surface area contributed by atoms with Crippen LogP contribution < -0.4 is 5.73 Å². The Balaban J connectivity index is 1.76. The summed E-state index contributed by atoms with van der Waals surface area (Å²) in [4.78, 5) is 21.8. The van der Waals surface area contributed by atoms with Gasteiger partial charge in [-0.3, -0.25) is 4.98 Å². The molecule has 1 aromatic carbocycles. The Morgan fingerprint density at radius 2 is 1.86 bits per heavy atom. The van der Waals surface area contributed by atoms with Crippen molar-refractivity contribution >= 4 is 29.3 Å². The number of hydrogen-bond donors (Lipinski definition) is 1. The van der Waals surface area contributed by atoms with E-state index in [1.807, 2.05) is 12.1 Å². The molecule has 0 amide bonds. The van der Waals surface area contributed by atoms with Gasteiger partial charge in [0.25, 0.3) is 0 Å². The van der Waals surface area contributed by atoms with Crippen molar-refractivity contribution in [2.24, 2.45) is 5.73 Å². The van der Waals surface area contributed by atoms with E-state index < -0.39 is 11.9 Å². The smallest absolute Gasteiger partial charge is 0.338 e. The molecule has 184 valence electrons. The van der Waals surface area contributed by atoms with Gasteiger partial charge in [0.1, 0.15) is 28.5 Å². The SMILES string of the molecule is CCOC(=O)C1=C(CSc2nc(-c3ccncc3)ccc2C#N)OC(N)=C(C#N)[C@H]1c1ccc(Cl)cc1. The number of carbonyl (C=O) groups excluding carboxylic acids is 1. The zero-order valence-electron chi connectivity index (χ0n) is 19.6. The molecule has 4 rings (SSSR count). The first-order valence-electron chi connectivity index (χ1n) is 11.1. The van der Waals surface area contributed by atoms with Crippen molar-refractivity contribution < 1.29 is 14.3 Å². The summed E-state index contributed by atoms with van der Waals surface area (Å²) < 4.78 is 11.1. The summed E-state index contributed by atoms with van der Waals surface area (Å²) in [5.41, 5.74) is 8.90. The molecular weight excluding hydrogens is 510 g/mol. The Labute approximate surface area is 223 Å². The lowest BCUT2D eigenvalue weighted by molar-refractivity contribution is -0.139. The molecule has 2 aromatic heterocycles. The van der Waals surface area contributed by atoms with E-state index in [0.717, 1.165) is 5.56 Å². The maximum atomic E-state index is 13.2. The lowest BCUT2D eigenvalue weighted by Crippen LogP contribution is -2.27. The molecule has 37 heavy (non-hydrogen) atoms. The summed E-state index contributed by atoms with van der Waals surface area (Å²) in [6, 6.07) is 18.1. The quantitative estimate of drug-likeness (QED) is 0.328. The highest BCUT2D eigenvalue weighted by Gasteiger charge is 2.37. The maximum Gasteiger partial charge on any atom is 0.338 e. The number of benzene rings is 1. The van der Waals surface area contributed by atoms with Crippen molar-refractivity contribution in [1.82, 2.24) is 9.97 Å². The number of nitrogens with two attached hydrogens (primary N) is 1. The molecular formula is C27H20ClN5O3S. The van der Waals surface area contributed by atoms with E-state index in [1.165, 1.54) is 11.8 Å². The topological polar surface area (TPSA) is 135 Å². The minimum atomic E-state index is -0.808. The van der Waals surface area contributed by atoms with Gasteiger partial charge in [-0.1, -0.05) is 35.5 Å². The van der Waals surface area contributed by atoms with Crippen molar-refractivity contribution in [2.45, 2.75) is 17.9 Å². The lowest BCUT2D eigenvalue weighted by Gasteiger charge is -2.28. The third-order valence-corrected chi connectivity index (χ3v) is 6.74. The zero-order valence-corrected chi connectivity index (χ0v) is 21.2. The van der Waals surface area contributed by atoms with Crippen LogP contribution in [-0.2, 0) is 14.3 Å². The van der Waals surface area contributed by atoms with Crippen LogP contribution in [0.4, 0.5) is 0 Å². The van der Waals surface area contributed by atoms with E-state index >= 15 is 0 Å². The van der Waals surface area contributed by atoms with Gasteiger partial charge >= 0.3 is 5.97 Å². The molecule has 1 aliphatic rings. The number of hydrogen-bond acceptors (Lipinski definition) is 9. The fourth-order valence-electron chi connectivity index (χ4n) is 3.80. The van der Waals surface area contributed by atoms with Gasteiger partial charge in [-0.05, 0) is 48.9 Å². The average molecular weight is 530 g/mol. The molecule has 0 aliphatic carbocycles. The fraction of sp³-hybridized carbons (Fsp3) is 0.148. The number of carbonyl (C=O) groups is 1. The highest BCUT2D eigenvalue weighted by molar-refractivity contribution is 7.99. The minimum Gasteiger partial charge on any atom is -0.463 e. The predicted molar refractivity (Wildman–Crippen MR) is 139 cm³/mol. The van der Waals surface area contributed by atoms with Crippen LogP contribution in [0.5, 0.6) is 0 Å². The van der Waals surface area contributed by atoms with Crippen LogP contribution in [0.3, 0.4) is 0 Å². The minimum absolute atomic E-state index is 0.0923. The number of rotatable bonds is 7. The zero-order chi connectivity index (χ0) is 26.4. The second-order valence-electron chi connectivity index (χ2n) is 7.72. The first-order valence-corrected chi connectivity index (χ1v) is 12.5. The van der Waals surface area contributed by atoms with Crippen LogP contribution in [0.2, 0.25) is 5.02 Å².